The Morgan fingerprint density at radius 3 is 2.83 bits per heavy atom. The lowest BCUT2D eigenvalue weighted by Gasteiger charge is -2.26. The van der Waals surface area contributed by atoms with Crippen molar-refractivity contribution in [2.45, 2.75) is 39.3 Å². The molecule has 1 amide bonds. The first-order valence-electron chi connectivity index (χ1n) is 6.49. The highest BCUT2D eigenvalue weighted by molar-refractivity contribution is 5.92. The standard InChI is InChI=1S/C12H21N5O/c1-8(2)4-9(3)14-12(18)11-7-17(16-15-11)10-5-13-6-10/h7-10,13H,4-6H2,1-3H3,(H,14,18). The van der Waals surface area contributed by atoms with Crippen LogP contribution in [0.5, 0.6) is 0 Å². The lowest BCUT2D eigenvalue weighted by molar-refractivity contribution is 0.0931. The molecule has 100 valence electrons. The molecule has 1 saturated heterocycles. The molecule has 6 nitrogen and oxygen atoms in total. The Kier molecular flexibility index (Phi) is 3.96. The molecule has 0 saturated carbocycles. The SMILES string of the molecule is CC(C)CC(C)NC(=O)c1cn(C2CNC2)nn1. The van der Waals surface area contributed by atoms with E-state index in [4.69, 9.17) is 0 Å². The van der Waals surface area contributed by atoms with Crippen LogP contribution in [-0.2, 0) is 0 Å². The third kappa shape index (κ3) is 3.07. The molecule has 18 heavy (non-hydrogen) atoms. The van der Waals surface area contributed by atoms with E-state index in [9.17, 15) is 4.79 Å². The second-order valence-corrected chi connectivity index (χ2v) is 5.40. The van der Waals surface area contributed by atoms with Gasteiger partial charge in [0.25, 0.3) is 5.91 Å². The van der Waals surface area contributed by atoms with E-state index in [0.717, 1.165) is 19.5 Å². The van der Waals surface area contributed by atoms with Crippen molar-refractivity contribution in [2.24, 2.45) is 5.92 Å². The van der Waals surface area contributed by atoms with E-state index in [2.05, 4.69) is 34.8 Å². The van der Waals surface area contributed by atoms with Crippen molar-refractivity contribution < 1.29 is 4.79 Å². The van der Waals surface area contributed by atoms with Crippen molar-refractivity contribution in [2.75, 3.05) is 13.1 Å². The summed E-state index contributed by atoms with van der Waals surface area (Å²) in [5.41, 5.74) is 0.400. The van der Waals surface area contributed by atoms with E-state index >= 15 is 0 Å². The summed E-state index contributed by atoms with van der Waals surface area (Å²) < 4.78 is 1.76. The molecule has 0 aliphatic carbocycles. The average molecular weight is 251 g/mol. The quantitative estimate of drug-likeness (QED) is 0.803. The number of carbonyl (C=O) groups is 1. The highest BCUT2D eigenvalue weighted by Crippen LogP contribution is 2.10. The highest BCUT2D eigenvalue weighted by Gasteiger charge is 2.22. The molecular weight excluding hydrogens is 230 g/mol. The summed E-state index contributed by atoms with van der Waals surface area (Å²) in [5.74, 6) is 0.429. The summed E-state index contributed by atoms with van der Waals surface area (Å²) in [7, 11) is 0. The summed E-state index contributed by atoms with van der Waals surface area (Å²) in [4.78, 5) is 11.9. The Hall–Kier alpha value is -1.43. The van der Waals surface area contributed by atoms with Gasteiger partial charge in [-0.25, -0.2) is 4.68 Å². The van der Waals surface area contributed by atoms with Gasteiger partial charge in [0.15, 0.2) is 5.69 Å². The van der Waals surface area contributed by atoms with Gasteiger partial charge in [0.2, 0.25) is 0 Å². The number of hydrogen-bond donors (Lipinski definition) is 2. The minimum Gasteiger partial charge on any atom is -0.348 e. The van der Waals surface area contributed by atoms with Gasteiger partial charge in [0.1, 0.15) is 0 Å². The average Bonchev–Trinajstić information content (AvgIpc) is 2.62. The maximum Gasteiger partial charge on any atom is 0.273 e. The molecule has 6 heteroatoms. The molecule has 0 aromatic carbocycles. The maximum absolute atomic E-state index is 11.9. The van der Waals surface area contributed by atoms with Gasteiger partial charge in [-0.1, -0.05) is 19.1 Å². The Morgan fingerprint density at radius 2 is 2.28 bits per heavy atom. The zero-order chi connectivity index (χ0) is 13.1. The Balaban J connectivity index is 1.90. The molecule has 2 heterocycles. The van der Waals surface area contributed by atoms with Gasteiger partial charge in [-0.05, 0) is 19.3 Å². The molecule has 2 rings (SSSR count). The van der Waals surface area contributed by atoms with Crippen LogP contribution in [-0.4, -0.2) is 40.0 Å². The molecule has 2 N–H and O–H groups in total. The van der Waals surface area contributed by atoms with E-state index in [-0.39, 0.29) is 11.9 Å². The number of aromatic nitrogens is 3. The van der Waals surface area contributed by atoms with E-state index in [0.29, 0.717) is 17.7 Å². The van der Waals surface area contributed by atoms with Crippen LogP contribution in [0.2, 0.25) is 0 Å². The molecular formula is C12H21N5O. The summed E-state index contributed by atoms with van der Waals surface area (Å²) in [6.07, 6.45) is 2.69. The molecule has 1 fully saturated rings. The molecule has 1 aliphatic heterocycles. The molecule has 0 radical (unpaired) electrons. The van der Waals surface area contributed by atoms with Crippen LogP contribution >= 0.6 is 0 Å². The first kappa shape index (κ1) is 13.0. The third-order valence-electron chi connectivity index (χ3n) is 3.08. The predicted molar refractivity (Wildman–Crippen MR) is 68.3 cm³/mol. The second-order valence-electron chi connectivity index (χ2n) is 5.40. The van der Waals surface area contributed by atoms with Gasteiger partial charge in [0.05, 0.1) is 12.2 Å². The third-order valence-corrected chi connectivity index (χ3v) is 3.08. The Bertz CT molecular complexity index is 410. The Morgan fingerprint density at radius 1 is 1.56 bits per heavy atom. The highest BCUT2D eigenvalue weighted by atomic mass is 16.2. The minimum absolute atomic E-state index is 0.137. The molecule has 1 atom stereocenters. The van der Waals surface area contributed by atoms with Crippen molar-refractivity contribution in [3.05, 3.63) is 11.9 Å². The van der Waals surface area contributed by atoms with Crippen LogP contribution in [0, 0.1) is 5.92 Å². The largest absolute Gasteiger partial charge is 0.348 e. The van der Waals surface area contributed by atoms with Crippen molar-refractivity contribution in [3.8, 4) is 0 Å². The second kappa shape index (κ2) is 5.48. The van der Waals surface area contributed by atoms with Crippen LogP contribution in [0.25, 0.3) is 0 Å². The van der Waals surface area contributed by atoms with Crippen molar-refractivity contribution in [3.63, 3.8) is 0 Å². The molecule has 0 bridgehead atoms. The topological polar surface area (TPSA) is 71.8 Å². The summed E-state index contributed by atoms with van der Waals surface area (Å²) in [6, 6.07) is 0.500. The lowest BCUT2D eigenvalue weighted by atomic mass is 10.1. The van der Waals surface area contributed by atoms with E-state index in [1.165, 1.54) is 0 Å². The molecule has 0 spiro atoms. The van der Waals surface area contributed by atoms with Gasteiger partial charge in [-0.15, -0.1) is 5.10 Å². The normalized spacial score (nSPS) is 17.6. The first-order valence-corrected chi connectivity index (χ1v) is 6.49. The number of nitrogens with zero attached hydrogens (tertiary/aromatic N) is 3. The van der Waals surface area contributed by atoms with Crippen molar-refractivity contribution in [1.29, 1.82) is 0 Å². The number of amides is 1. The summed E-state index contributed by atoms with van der Waals surface area (Å²) >= 11 is 0. The zero-order valence-electron chi connectivity index (χ0n) is 11.2. The lowest BCUT2D eigenvalue weighted by Crippen LogP contribution is -2.43. The van der Waals surface area contributed by atoms with Crippen molar-refractivity contribution in [1.82, 2.24) is 25.6 Å². The Labute approximate surface area is 107 Å². The van der Waals surface area contributed by atoms with Crippen molar-refractivity contribution >= 4 is 5.91 Å². The van der Waals surface area contributed by atoms with Crippen LogP contribution in [0.1, 0.15) is 43.7 Å². The number of rotatable bonds is 5. The van der Waals surface area contributed by atoms with Crippen LogP contribution < -0.4 is 10.6 Å². The van der Waals surface area contributed by atoms with Crippen LogP contribution in [0.3, 0.4) is 0 Å². The fourth-order valence-corrected chi connectivity index (χ4v) is 2.08. The van der Waals surface area contributed by atoms with Gasteiger partial charge in [-0.3, -0.25) is 4.79 Å². The summed E-state index contributed by atoms with van der Waals surface area (Å²) in [6.45, 7) is 8.09. The zero-order valence-corrected chi connectivity index (χ0v) is 11.2. The minimum atomic E-state index is -0.137. The van der Waals surface area contributed by atoms with Crippen LogP contribution in [0.4, 0.5) is 0 Å². The molecule has 1 aromatic rings. The molecule has 1 aliphatic rings. The van der Waals surface area contributed by atoms with Gasteiger partial charge in [-0.2, -0.15) is 0 Å². The van der Waals surface area contributed by atoms with Crippen LogP contribution in [0.15, 0.2) is 6.20 Å². The molecule has 1 aromatic heterocycles. The molecule has 1 unspecified atom stereocenters. The number of nitrogens with one attached hydrogen (secondary N) is 2. The smallest absolute Gasteiger partial charge is 0.273 e. The fraction of sp³-hybridized carbons (Fsp3) is 0.750. The van der Waals surface area contributed by atoms with E-state index in [1.807, 2.05) is 6.92 Å². The number of hydrogen-bond acceptors (Lipinski definition) is 4. The fourth-order valence-electron chi connectivity index (χ4n) is 2.08. The first-order chi connectivity index (χ1) is 8.56. The summed E-state index contributed by atoms with van der Waals surface area (Å²) in [5, 5.41) is 14.0. The van der Waals surface area contributed by atoms with E-state index in [1.54, 1.807) is 10.9 Å². The monoisotopic (exact) mass is 251 g/mol. The number of carbonyl (C=O) groups excluding carboxylic acids is 1. The van der Waals surface area contributed by atoms with E-state index < -0.39 is 0 Å². The van der Waals surface area contributed by atoms with Gasteiger partial charge >= 0.3 is 0 Å². The van der Waals surface area contributed by atoms with Gasteiger partial charge in [0, 0.05) is 19.1 Å². The van der Waals surface area contributed by atoms with Gasteiger partial charge < -0.3 is 10.6 Å². The maximum atomic E-state index is 11.9. The predicted octanol–water partition coefficient (Wildman–Crippen LogP) is 0.587.